The molecule has 0 saturated carbocycles. The number of nitrogens with two attached hydrogens (primary N) is 1. The zero-order chi connectivity index (χ0) is 35.0. The summed E-state index contributed by atoms with van der Waals surface area (Å²) in [6, 6.07) is 29.8. The normalized spacial score (nSPS) is 11.1. The molecule has 0 aliphatic rings. The average Bonchev–Trinajstić information content (AvgIpc) is 3.14. The van der Waals surface area contributed by atoms with Gasteiger partial charge in [0, 0.05) is 6.54 Å². The molecule has 0 saturated heterocycles. The van der Waals surface area contributed by atoms with E-state index in [1.165, 1.54) is 6.07 Å². The highest BCUT2D eigenvalue weighted by molar-refractivity contribution is 6.01. The van der Waals surface area contributed by atoms with Gasteiger partial charge in [0.05, 0.1) is 16.9 Å². The van der Waals surface area contributed by atoms with Crippen molar-refractivity contribution in [2.75, 3.05) is 49.9 Å². The van der Waals surface area contributed by atoms with Crippen LogP contribution in [0.15, 0.2) is 97.1 Å². The van der Waals surface area contributed by atoms with Crippen LogP contribution >= 0.6 is 0 Å². The molecular formula is C40H46FN5O4. The van der Waals surface area contributed by atoms with E-state index < -0.39 is 17.9 Å². The number of fused-ring (bicyclic) bond motifs is 2. The lowest BCUT2D eigenvalue weighted by Gasteiger charge is -2.16. The maximum Gasteiger partial charge on any atom is 0.411 e. The third-order valence-electron chi connectivity index (χ3n) is 8.35. The minimum Gasteiger partial charge on any atom is -0.457 e. The predicted molar refractivity (Wildman–Crippen MR) is 199 cm³/mol. The summed E-state index contributed by atoms with van der Waals surface area (Å²) in [7, 11) is 0. The molecule has 0 aromatic heterocycles. The van der Waals surface area contributed by atoms with E-state index in [-0.39, 0.29) is 30.2 Å². The zero-order valence-electron chi connectivity index (χ0n) is 28.3. The van der Waals surface area contributed by atoms with Crippen LogP contribution in [0.25, 0.3) is 21.5 Å². The van der Waals surface area contributed by atoms with E-state index >= 15 is 4.39 Å². The first-order valence-corrected chi connectivity index (χ1v) is 17.3. The fourth-order valence-corrected chi connectivity index (χ4v) is 5.66. The van der Waals surface area contributed by atoms with E-state index in [4.69, 9.17) is 15.2 Å². The van der Waals surface area contributed by atoms with Gasteiger partial charge in [-0.05, 0) is 109 Å². The minimum absolute atomic E-state index is 0.0155. The maximum atomic E-state index is 15.4. The second-order valence-corrected chi connectivity index (χ2v) is 12.1. The molecule has 10 heteroatoms. The predicted octanol–water partition coefficient (Wildman–Crippen LogP) is 7.35. The fraction of sp³-hybridized carbons (Fsp3) is 0.300. The summed E-state index contributed by atoms with van der Waals surface area (Å²) >= 11 is 0. The lowest BCUT2D eigenvalue weighted by Crippen LogP contribution is -2.22. The van der Waals surface area contributed by atoms with E-state index in [2.05, 4.69) is 21.3 Å². The Morgan fingerprint density at radius 3 is 2.14 bits per heavy atom. The van der Waals surface area contributed by atoms with Gasteiger partial charge in [0.2, 0.25) is 0 Å². The monoisotopic (exact) mass is 679 g/mol. The van der Waals surface area contributed by atoms with Gasteiger partial charge in [0.15, 0.2) is 0 Å². The Hall–Kier alpha value is -5.03. The molecule has 0 bridgehead atoms. The SMILES string of the molecule is NCCCNCCCCNCCCNc1cc(NC(=O)OCc2ccc3ccccc3c2)c(C(=O)OCc2cccc3ccccc23)cc1F. The molecule has 0 atom stereocenters. The number of halogens is 1. The highest BCUT2D eigenvalue weighted by Gasteiger charge is 2.20. The Bertz CT molecular complexity index is 1860. The smallest absolute Gasteiger partial charge is 0.411 e. The molecule has 6 N–H and O–H groups in total. The van der Waals surface area contributed by atoms with Gasteiger partial charge < -0.3 is 31.2 Å². The van der Waals surface area contributed by atoms with Crippen LogP contribution in [-0.4, -0.2) is 51.3 Å². The first kappa shape index (κ1) is 36.3. The number of hydrogen-bond donors (Lipinski definition) is 5. The molecule has 0 aliphatic heterocycles. The van der Waals surface area contributed by atoms with Crippen LogP contribution in [0.3, 0.4) is 0 Å². The van der Waals surface area contributed by atoms with Gasteiger partial charge in [-0.1, -0.05) is 78.9 Å². The van der Waals surface area contributed by atoms with Gasteiger partial charge in [-0.25, -0.2) is 14.0 Å². The summed E-state index contributed by atoms with van der Waals surface area (Å²) in [5.74, 6) is -1.40. The fourth-order valence-electron chi connectivity index (χ4n) is 5.66. The number of anilines is 2. The number of ether oxygens (including phenoxy) is 2. The van der Waals surface area contributed by atoms with E-state index in [1.807, 2.05) is 84.9 Å². The number of nitrogens with one attached hydrogen (secondary N) is 4. The highest BCUT2D eigenvalue weighted by Crippen LogP contribution is 2.27. The number of unbranched alkanes of at least 4 members (excludes halogenated alkanes) is 1. The largest absolute Gasteiger partial charge is 0.457 e. The maximum absolute atomic E-state index is 15.4. The molecular weight excluding hydrogens is 633 g/mol. The van der Waals surface area contributed by atoms with Gasteiger partial charge in [0.25, 0.3) is 0 Å². The Balaban J connectivity index is 1.20. The molecule has 50 heavy (non-hydrogen) atoms. The van der Waals surface area contributed by atoms with Crippen molar-refractivity contribution < 1.29 is 23.5 Å². The topological polar surface area (TPSA) is 127 Å². The van der Waals surface area contributed by atoms with Crippen LogP contribution in [-0.2, 0) is 22.7 Å². The van der Waals surface area contributed by atoms with Gasteiger partial charge >= 0.3 is 12.1 Å². The summed E-state index contributed by atoms with van der Waals surface area (Å²) in [5.41, 5.74) is 7.25. The Morgan fingerprint density at radius 1 is 0.640 bits per heavy atom. The van der Waals surface area contributed by atoms with E-state index in [0.29, 0.717) is 13.1 Å². The number of amides is 1. The van der Waals surface area contributed by atoms with Crippen molar-refractivity contribution in [3.8, 4) is 0 Å². The number of hydrogen-bond acceptors (Lipinski definition) is 8. The minimum atomic E-state index is -0.780. The van der Waals surface area contributed by atoms with E-state index in [9.17, 15) is 9.59 Å². The highest BCUT2D eigenvalue weighted by atomic mass is 19.1. The lowest BCUT2D eigenvalue weighted by atomic mass is 10.1. The number of benzene rings is 5. The number of carbonyl (C=O) groups excluding carboxylic acids is 2. The molecule has 9 nitrogen and oxygen atoms in total. The standard InChI is InChI=1S/C40H46FN5O4/c41-36-25-35(39(47)49-28-33-14-7-13-31-11-3-4-15-34(31)33)37(26-38(36)45-23-9-22-44-20-6-5-19-43-21-8-18-42)46-40(48)50-27-29-16-17-30-10-1-2-12-32(30)24-29/h1-4,7,10-17,24-26,43-45H,5-6,8-9,18-23,27-28,42H2,(H,46,48). The lowest BCUT2D eigenvalue weighted by molar-refractivity contribution is 0.0475. The molecule has 0 spiro atoms. The molecule has 0 aliphatic carbocycles. The molecule has 1 amide bonds. The second-order valence-electron chi connectivity index (χ2n) is 12.1. The van der Waals surface area contributed by atoms with Crippen molar-refractivity contribution in [3.63, 3.8) is 0 Å². The molecule has 5 aromatic rings. The molecule has 5 rings (SSSR count). The zero-order valence-corrected chi connectivity index (χ0v) is 28.3. The van der Waals surface area contributed by atoms with Gasteiger partial charge in [0.1, 0.15) is 19.0 Å². The van der Waals surface area contributed by atoms with Crippen molar-refractivity contribution in [1.29, 1.82) is 0 Å². The summed E-state index contributed by atoms with van der Waals surface area (Å²) in [5, 5.41) is 16.6. The molecule has 0 unspecified atom stereocenters. The molecule has 0 radical (unpaired) electrons. The van der Waals surface area contributed by atoms with Crippen molar-refractivity contribution in [2.24, 2.45) is 5.73 Å². The second kappa shape index (κ2) is 19.2. The van der Waals surface area contributed by atoms with Crippen LogP contribution in [0.4, 0.5) is 20.6 Å². The van der Waals surface area contributed by atoms with Gasteiger partial charge in [-0.2, -0.15) is 0 Å². The summed E-state index contributed by atoms with van der Waals surface area (Å²) in [6.45, 7) is 4.77. The van der Waals surface area contributed by atoms with E-state index in [1.54, 1.807) is 0 Å². The van der Waals surface area contributed by atoms with Crippen LogP contribution in [0.1, 0.15) is 47.2 Å². The van der Waals surface area contributed by atoms with Crippen molar-refractivity contribution in [3.05, 3.63) is 120 Å². The first-order chi connectivity index (χ1) is 24.5. The van der Waals surface area contributed by atoms with Crippen LogP contribution in [0, 0.1) is 5.82 Å². The Kier molecular flexibility index (Phi) is 13.9. The quantitative estimate of drug-likeness (QED) is 0.0453. The summed E-state index contributed by atoms with van der Waals surface area (Å²) < 4.78 is 26.5. The molecule has 0 heterocycles. The third-order valence-corrected chi connectivity index (χ3v) is 8.35. The number of carbonyl (C=O) groups is 2. The van der Waals surface area contributed by atoms with Crippen LogP contribution < -0.4 is 27.0 Å². The molecule has 5 aromatic carbocycles. The van der Waals surface area contributed by atoms with Gasteiger partial charge in [-0.3, -0.25) is 5.32 Å². The van der Waals surface area contributed by atoms with Crippen molar-refractivity contribution >= 4 is 45.0 Å². The molecule has 0 fully saturated rings. The van der Waals surface area contributed by atoms with Crippen LogP contribution in [0.2, 0.25) is 0 Å². The average molecular weight is 680 g/mol. The summed E-state index contributed by atoms with van der Waals surface area (Å²) in [4.78, 5) is 26.4. The Labute approximate surface area is 292 Å². The number of rotatable bonds is 19. The Morgan fingerprint density at radius 2 is 1.34 bits per heavy atom. The number of esters is 1. The summed E-state index contributed by atoms with van der Waals surface area (Å²) in [6.07, 6.45) is 3.09. The van der Waals surface area contributed by atoms with Crippen molar-refractivity contribution in [1.82, 2.24) is 10.6 Å². The third kappa shape index (κ3) is 10.7. The van der Waals surface area contributed by atoms with Crippen molar-refractivity contribution in [2.45, 2.75) is 38.9 Å². The molecule has 262 valence electrons. The van der Waals surface area contributed by atoms with Crippen LogP contribution in [0.5, 0.6) is 0 Å². The first-order valence-electron chi connectivity index (χ1n) is 17.3. The van der Waals surface area contributed by atoms with Gasteiger partial charge in [-0.15, -0.1) is 0 Å². The van der Waals surface area contributed by atoms with E-state index in [0.717, 1.165) is 90.6 Å².